The van der Waals surface area contributed by atoms with Crippen molar-refractivity contribution >= 4 is 17.7 Å². The molecule has 1 aliphatic carbocycles. The Kier molecular flexibility index (Phi) is 4.45. The normalized spacial score (nSPS) is 21.2. The summed E-state index contributed by atoms with van der Waals surface area (Å²) in [7, 11) is 1.58. The van der Waals surface area contributed by atoms with Crippen LogP contribution in [0.4, 0.5) is 10.5 Å². The Labute approximate surface area is 117 Å². The summed E-state index contributed by atoms with van der Waals surface area (Å²) >= 11 is 0. The van der Waals surface area contributed by atoms with Crippen molar-refractivity contribution in [1.29, 1.82) is 0 Å². The standard InChI is InChI=1S/C14H18N2O4/c1-20-12-6-4-10(5-7-12)15-14(19)16-11-3-2-9(8-11)13(17)18/h4-7,9,11H,2-3,8H2,1H3,(H,17,18)(H2,15,16,19). The molecule has 108 valence electrons. The molecule has 6 nitrogen and oxygen atoms in total. The van der Waals surface area contributed by atoms with E-state index in [4.69, 9.17) is 9.84 Å². The minimum atomic E-state index is -0.787. The molecular formula is C14H18N2O4. The van der Waals surface area contributed by atoms with Gasteiger partial charge in [0.25, 0.3) is 0 Å². The van der Waals surface area contributed by atoms with Gasteiger partial charge in [-0.3, -0.25) is 4.79 Å². The molecule has 0 heterocycles. The first-order chi connectivity index (χ1) is 9.58. The number of carboxylic acids is 1. The first kappa shape index (κ1) is 14.2. The number of nitrogens with one attached hydrogen (secondary N) is 2. The van der Waals surface area contributed by atoms with Crippen LogP contribution in [-0.4, -0.2) is 30.3 Å². The molecule has 2 rings (SSSR count). The van der Waals surface area contributed by atoms with E-state index in [1.165, 1.54) is 0 Å². The lowest BCUT2D eigenvalue weighted by molar-refractivity contribution is -0.141. The Morgan fingerprint density at radius 3 is 2.50 bits per heavy atom. The van der Waals surface area contributed by atoms with Crippen molar-refractivity contribution in [2.75, 3.05) is 12.4 Å². The lowest BCUT2D eigenvalue weighted by Crippen LogP contribution is -2.36. The fourth-order valence-electron chi connectivity index (χ4n) is 2.36. The Bertz CT molecular complexity index is 486. The van der Waals surface area contributed by atoms with E-state index in [0.717, 1.165) is 5.75 Å². The third kappa shape index (κ3) is 3.63. The third-order valence-electron chi connectivity index (χ3n) is 3.46. The molecule has 0 radical (unpaired) electrons. The average molecular weight is 278 g/mol. The largest absolute Gasteiger partial charge is 0.497 e. The zero-order valence-electron chi connectivity index (χ0n) is 11.3. The molecule has 0 saturated heterocycles. The number of amides is 2. The Hall–Kier alpha value is -2.24. The second-order valence-corrected chi connectivity index (χ2v) is 4.87. The molecule has 0 aliphatic heterocycles. The number of hydrogen-bond acceptors (Lipinski definition) is 3. The molecular weight excluding hydrogens is 260 g/mol. The Balaban J connectivity index is 1.82. The van der Waals surface area contributed by atoms with Gasteiger partial charge in [-0.25, -0.2) is 4.79 Å². The molecule has 3 N–H and O–H groups in total. The van der Waals surface area contributed by atoms with Crippen LogP contribution in [0.15, 0.2) is 24.3 Å². The van der Waals surface area contributed by atoms with Crippen LogP contribution in [0.25, 0.3) is 0 Å². The highest BCUT2D eigenvalue weighted by molar-refractivity contribution is 5.89. The molecule has 1 aromatic rings. The van der Waals surface area contributed by atoms with Crippen LogP contribution in [0.3, 0.4) is 0 Å². The lowest BCUT2D eigenvalue weighted by Gasteiger charge is -2.13. The number of ether oxygens (including phenoxy) is 1. The first-order valence-electron chi connectivity index (χ1n) is 6.53. The van der Waals surface area contributed by atoms with Gasteiger partial charge in [-0.1, -0.05) is 0 Å². The summed E-state index contributed by atoms with van der Waals surface area (Å²) in [4.78, 5) is 22.6. The van der Waals surface area contributed by atoms with Crippen LogP contribution in [0.1, 0.15) is 19.3 Å². The molecule has 1 saturated carbocycles. The molecule has 1 fully saturated rings. The number of carbonyl (C=O) groups is 2. The van der Waals surface area contributed by atoms with E-state index in [0.29, 0.717) is 24.9 Å². The van der Waals surface area contributed by atoms with Crippen LogP contribution in [0.2, 0.25) is 0 Å². The molecule has 0 spiro atoms. The maximum Gasteiger partial charge on any atom is 0.319 e. The van der Waals surface area contributed by atoms with Crippen molar-refractivity contribution in [3.05, 3.63) is 24.3 Å². The van der Waals surface area contributed by atoms with Crippen molar-refractivity contribution < 1.29 is 19.4 Å². The van der Waals surface area contributed by atoms with E-state index >= 15 is 0 Å². The van der Waals surface area contributed by atoms with Gasteiger partial charge in [0.1, 0.15) is 5.75 Å². The molecule has 1 aromatic carbocycles. The van der Waals surface area contributed by atoms with Gasteiger partial charge < -0.3 is 20.5 Å². The number of urea groups is 1. The van der Waals surface area contributed by atoms with E-state index in [-0.39, 0.29) is 18.0 Å². The summed E-state index contributed by atoms with van der Waals surface area (Å²) in [5.74, 6) is -0.415. The second-order valence-electron chi connectivity index (χ2n) is 4.87. The average Bonchev–Trinajstić information content (AvgIpc) is 2.88. The maximum atomic E-state index is 11.8. The summed E-state index contributed by atoms with van der Waals surface area (Å²) in [5.41, 5.74) is 0.663. The van der Waals surface area contributed by atoms with Crippen LogP contribution < -0.4 is 15.4 Å². The molecule has 2 amide bonds. The predicted molar refractivity (Wildman–Crippen MR) is 73.9 cm³/mol. The van der Waals surface area contributed by atoms with Crippen molar-refractivity contribution in [3.63, 3.8) is 0 Å². The number of aliphatic carboxylic acids is 1. The molecule has 2 atom stereocenters. The highest BCUT2D eigenvalue weighted by atomic mass is 16.5. The maximum absolute atomic E-state index is 11.8. The van der Waals surface area contributed by atoms with Gasteiger partial charge in [0.15, 0.2) is 0 Å². The Morgan fingerprint density at radius 2 is 1.95 bits per heavy atom. The number of anilines is 1. The second kappa shape index (κ2) is 6.27. The predicted octanol–water partition coefficient (Wildman–Crippen LogP) is 2.07. The van der Waals surface area contributed by atoms with E-state index in [1.807, 2.05) is 0 Å². The number of methoxy groups -OCH3 is 1. The number of hydrogen-bond donors (Lipinski definition) is 3. The zero-order valence-corrected chi connectivity index (χ0v) is 11.3. The van der Waals surface area contributed by atoms with E-state index in [2.05, 4.69) is 10.6 Å². The van der Waals surface area contributed by atoms with Crippen LogP contribution in [0.5, 0.6) is 5.75 Å². The summed E-state index contributed by atoms with van der Waals surface area (Å²) in [6, 6.07) is 6.61. The van der Waals surface area contributed by atoms with Gasteiger partial charge in [0, 0.05) is 11.7 Å². The molecule has 6 heteroatoms. The van der Waals surface area contributed by atoms with E-state index in [9.17, 15) is 9.59 Å². The highest BCUT2D eigenvalue weighted by Gasteiger charge is 2.30. The first-order valence-corrected chi connectivity index (χ1v) is 6.53. The molecule has 20 heavy (non-hydrogen) atoms. The van der Waals surface area contributed by atoms with Crippen molar-refractivity contribution in [2.45, 2.75) is 25.3 Å². The summed E-state index contributed by atoms with van der Waals surface area (Å²) < 4.78 is 5.03. The van der Waals surface area contributed by atoms with Crippen LogP contribution in [0, 0.1) is 5.92 Å². The molecule has 1 aliphatic rings. The van der Waals surface area contributed by atoms with E-state index < -0.39 is 5.97 Å². The zero-order chi connectivity index (χ0) is 14.5. The van der Waals surface area contributed by atoms with Crippen molar-refractivity contribution in [2.24, 2.45) is 5.92 Å². The third-order valence-corrected chi connectivity index (χ3v) is 3.46. The highest BCUT2D eigenvalue weighted by Crippen LogP contribution is 2.25. The smallest absolute Gasteiger partial charge is 0.319 e. The van der Waals surface area contributed by atoms with Gasteiger partial charge in [-0.05, 0) is 43.5 Å². The van der Waals surface area contributed by atoms with Gasteiger partial charge in [0.2, 0.25) is 0 Å². The van der Waals surface area contributed by atoms with Gasteiger partial charge in [0.05, 0.1) is 13.0 Å². The fourth-order valence-corrected chi connectivity index (χ4v) is 2.36. The minimum Gasteiger partial charge on any atom is -0.497 e. The monoisotopic (exact) mass is 278 g/mol. The number of rotatable bonds is 4. The summed E-state index contributed by atoms with van der Waals surface area (Å²) in [6.07, 6.45) is 1.81. The van der Waals surface area contributed by atoms with Gasteiger partial charge in [-0.15, -0.1) is 0 Å². The van der Waals surface area contributed by atoms with Crippen molar-refractivity contribution in [3.8, 4) is 5.75 Å². The minimum absolute atomic E-state index is 0.0747. The summed E-state index contributed by atoms with van der Waals surface area (Å²) in [5, 5.41) is 14.4. The van der Waals surface area contributed by atoms with Gasteiger partial charge in [-0.2, -0.15) is 0 Å². The topological polar surface area (TPSA) is 87.7 Å². The number of carboxylic acid groups (broad SMARTS) is 1. The van der Waals surface area contributed by atoms with Gasteiger partial charge >= 0.3 is 12.0 Å². The number of benzene rings is 1. The quantitative estimate of drug-likeness (QED) is 0.786. The van der Waals surface area contributed by atoms with Crippen LogP contribution in [-0.2, 0) is 4.79 Å². The number of carbonyl (C=O) groups excluding carboxylic acids is 1. The van der Waals surface area contributed by atoms with Crippen LogP contribution >= 0.6 is 0 Å². The van der Waals surface area contributed by atoms with Crippen molar-refractivity contribution in [1.82, 2.24) is 5.32 Å². The SMILES string of the molecule is COc1ccc(NC(=O)NC2CCC(C(=O)O)C2)cc1. The summed E-state index contributed by atoms with van der Waals surface area (Å²) in [6.45, 7) is 0. The van der Waals surface area contributed by atoms with E-state index in [1.54, 1.807) is 31.4 Å². The fraction of sp³-hybridized carbons (Fsp3) is 0.429. The molecule has 2 unspecified atom stereocenters. The molecule has 0 bridgehead atoms. The molecule has 0 aromatic heterocycles. The lowest BCUT2D eigenvalue weighted by atomic mass is 10.1. The Morgan fingerprint density at radius 1 is 1.25 bits per heavy atom.